The van der Waals surface area contributed by atoms with Gasteiger partial charge in [0.2, 0.25) is 5.78 Å². The third-order valence-electron chi connectivity index (χ3n) is 6.98. The van der Waals surface area contributed by atoms with E-state index in [0.717, 1.165) is 35.4 Å². The Morgan fingerprint density at radius 2 is 2.24 bits per heavy atom. The van der Waals surface area contributed by atoms with Crippen LogP contribution < -0.4 is 5.32 Å². The molecule has 2 saturated heterocycles. The number of H-pyrrole nitrogens is 1. The number of carbonyl (C=O) groups excluding carboxylic acids is 2. The number of aliphatic hydroxyl groups excluding tert-OH is 1. The highest BCUT2D eigenvalue weighted by Gasteiger charge is 2.68. The average Bonchev–Trinajstić information content (AvgIpc) is 3.13. The maximum atomic E-state index is 13.2. The molecule has 0 aromatic carbocycles. The predicted octanol–water partition coefficient (Wildman–Crippen LogP) is 0.627. The normalized spacial score (nSPS) is 42.5. The van der Waals surface area contributed by atoms with E-state index >= 15 is 0 Å². The van der Waals surface area contributed by atoms with Crippen molar-refractivity contribution in [3.63, 3.8) is 0 Å². The van der Waals surface area contributed by atoms with Crippen LogP contribution in [-0.2, 0) is 11.2 Å². The molecule has 5 atom stereocenters. The van der Waals surface area contributed by atoms with Crippen LogP contribution in [0.3, 0.4) is 0 Å². The molecule has 6 nitrogen and oxygen atoms in total. The fourth-order valence-electron chi connectivity index (χ4n) is 6.08. The molecule has 1 aromatic heterocycles. The molecule has 7 heteroatoms. The first kappa shape index (κ1) is 13.4. The molecule has 2 fully saturated rings. The summed E-state index contributed by atoms with van der Waals surface area (Å²) in [4.78, 5) is 32.3. The van der Waals surface area contributed by atoms with E-state index in [-0.39, 0.29) is 23.0 Å². The number of hydrogen-bond donors (Lipinski definition) is 3. The van der Waals surface area contributed by atoms with Crippen LogP contribution in [0.15, 0.2) is 28.4 Å². The van der Waals surface area contributed by atoms with Crippen LogP contribution in [0.5, 0.6) is 0 Å². The van der Waals surface area contributed by atoms with Crippen molar-refractivity contribution < 1.29 is 14.7 Å². The van der Waals surface area contributed by atoms with Crippen molar-refractivity contribution >= 4 is 23.3 Å². The Hall–Kier alpha value is -1.83. The van der Waals surface area contributed by atoms with Gasteiger partial charge in [-0.2, -0.15) is 0 Å². The Labute approximate surface area is 147 Å². The number of piperidine rings is 1. The fraction of sp³-hybridized carbons (Fsp3) is 0.444. The highest BCUT2D eigenvalue weighted by molar-refractivity contribution is 8.04. The lowest BCUT2D eigenvalue weighted by Gasteiger charge is -2.59. The van der Waals surface area contributed by atoms with Gasteiger partial charge in [0.05, 0.1) is 34.3 Å². The summed E-state index contributed by atoms with van der Waals surface area (Å²) in [7, 11) is 0. The molecule has 0 radical (unpaired) electrons. The maximum Gasteiger partial charge on any atom is 0.225 e. The molecule has 0 amide bonds. The van der Waals surface area contributed by atoms with Crippen LogP contribution in [0.2, 0.25) is 0 Å². The van der Waals surface area contributed by atoms with Gasteiger partial charge in [0.25, 0.3) is 0 Å². The first-order valence-corrected chi connectivity index (χ1v) is 9.62. The van der Waals surface area contributed by atoms with E-state index in [0.29, 0.717) is 11.4 Å². The zero-order valence-electron chi connectivity index (χ0n) is 13.2. The maximum absolute atomic E-state index is 13.2. The van der Waals surface area contributed by atoms with Gasteiger partial charge in [0.1, 0.15) is 6.04 Å². The lowest BCUT2D eigenvalue weighted by molar-refractivity contribution is -0.136. The molecule has 3 bridgehead atoms. The van der Waals surface area contributed by atoms with Crippen LogP contribution in [0.1, 0.15) is 34.1 Å². The van der Waals surface area contributed by atoms with Gasteiger partial charge in [-0.15, -0.1) is 11.8 Å². The standard InChI is InChI=1S/C18H15N3O3S/c22-7-3-8-18-4-9(25-8)20-13-11(18)15-10-6(5-19-12(10)16(13)23)1-2-21(15)14(7)17(18)24/h3,5,9,14-15,17,19-20,24H,1-2,4H2/t9-,14?,15?,17-,18+/m0/s1. The second kappa shape index (κ2) is 3.79. The third-order valence-corrected chi connectivity index (χ3v) is 8.28. The van der Waals surface area contributed by atoms with E-state index in [1.54, 1.807) is 17.8 Å². The third kappa shape index (κ3) is 1.19. The summed E-state index contributed by atoms with van der Waals surface area (Å²) in [6.07, 6.45) is 4.46. The zero-order chi connectivity index (χ0) is 16.7. The van der Waals surface area contributed by atoms with Gasteiger partial charge in [0, 0.05) is 23.2 Å². The van der Waals surface area contributed by atoms with Gasteiger partial charge < -0.3 is 15.4 Å². The van der Waals surface area contributed by atoms with E-state index in [9.17, 15) is 14.7 Å². The number of fused-ring (bicyclic) bond motifs is 3. The van der Waals surface area contributed by atoms with Crippen molar-refractivity contribution in [1.29, 1.82) is 0 Å². The Balaban J connectivity index is 1.65. The number of nitrogens with one attached hydrogen (secondary N) is 2. The molecule has 4 aliphatic heterocycles. The largest absolute Gasteiger partial charge is 0.390 e. The molecule has 0 saturated carbocycles. The molecule has 6 aliphatic rings. The summed E-state index contributed by atoms with van der Waals surface area (Å²) in [6.45, 7) is 0.725. The zero-order valence-corrected chi connectivity index (χ0v) is 14.0. The molecule has 2 aliphatic carbocycles. The second-order valence-electron chi connectivity index (χ2n) is 7.84. The second-order valence-corrected chi connectivity index (χ2v) is 9.08. The SMILES string of the molecule is O=C1C2=C3C4c5c(c[nH]c51)CCN4C1C(=O)C=C4S[C@@H](C[C@@]43[C@H]1O)N2. The van der Waals surface area contributed by atoms with Gasteiger partial charge in [-0.05, 0) is 30.1 Å². The quantitative estimate of drug-likeness (QED) is 0.634. The van der Waals surface area contributed by atoms with Gasteiger partial charge in [0.15, 0.2) is 5.78 Å². The van der Waals surface area contributed by atoms with E-state index in [4.69, 9.17) is 0 Å². The van der Waals surface area contributed by atoms with Gasteiger partial charge in [-0.25, -0.2) is 0 Å². The van der Waals surface area contributed by atoms with Crippen LogP contribution in [0.25, 0.3) is 0 Å². The Bertz CT molecular complexity index is 992. The van der Waals surface area contributed by atoms with Crippen molar-refractivity contribution in [2.24, 2.45) is 5.41 Å². The van der Waals surface area contributed by atoms with Crippen LogP contribution in [-0.4, -0.2) is 50.6 Å². The predicted molar refractivity (Wildman–Crippen MR) is 89.7 cm³/mol. The fourth-order valence-corrected chi connectivity index (χ4v) is 7.62. The minimum absolute atomic E-state index is 0.00262. The molecule has 1 spiro atoms. The highest BCUT2D eigenvalue weighted by Crippen LogP contribution is 2.68. The Morgan fingerprint density at radius 3 is 3.12 bits per heavy atom. The Morgan fingerprint density at radius 1 is 1.36 bits per heavy atom. The van der Waals surface area contributed by atoms with Crippen molar-refractivity contribution in [1.82, 2.24) is 15.2 Å². The lowest BCUT2D eigenvalue weighted by Crippen LogP contribution is -2.67. The molecule has 7 rings (SSSR count). The molecule has 2 unspecified atom stereocenters. The highest BCUT2D eigenvalue weighted by atomic mass is 32.2. The molecule has 5 heterocycles. The summed E-state index contributed by atoms with van der Waals surface area (Å²) >= 11 is 1.61. The van der Waals surface area contributed by atoms with Gasteiger partial charge in [-0.3, -0.25) is 14.5 Å². The molecule has 1 aromatic rings. The van der Waals surface area contributed by atoms with E-state index in [2.05, 4.69) is 15.2 Å². The van der Waals surface area contributed by atoms with Crippen LogP contribution in [0.4, 0.5) is 0 Å². The number of carbonyl (C=O) groups is 2. The monoisotopic (exact) mass is 353 g/mol. The summed E-state index contributed by atoms with van der Waals surface area (Å²) in [5.41, 5.74) is 3.97. The molecular weight excluding hydrogens is 338 g/mol. The summed E-state index contributed by atoms with van der Waals surface area (Å²) in [5.74, 6) is 0.00837. The number of rotatable bonds is 0. The summed E-state index contributed by atoms with van der Waals surface area (Å²) < 4.78 is 0. The van der Waals surface area contributed by atoms with Gasteiger partial charge in [-0.1, -0.05) is 0 Å². The number of allylic oxidation sites excluding steroid dienone is 1. The first-order chi connectivity index (χ1) is 12.1. The van der Waals surface area contributed by atoms with Crippen molar-refractivity contribution in [2.45, 2.75) is 36.4 Å². The number of aromatic amines is 1. The molecule has 126 valence electrons. The number of aliphatic hydroxyl groups is 1. The minimum Gasteiger partial charge on any atom is -0.390 e. The smallest absolute Gasteiger partial charge is 0.225 e. The first-order valence-electron chi connectivity index (χ1n) is 8.74. The van der Waals surface area contributed by atoms with E-state index in [1.807, 2.05) is 6.20 Å². The number of nitrogens with zero attached hydrogens (tertiary/aromatic N) is 1. The van der Waals surface area contributed by atoms with Crippen LogP contribution >= 0.6 is 11.8 Å². The van der Waals surface area contributed by atoms with Crippen molar-refractivity contribution in [3.8, 4) is 0 Å². The minimum atomic E-state index is -0.768. The number of aromatic nitrogens is 1. The Kier molecular flexibility index (Phi) is 2.03. The molecular formula is C18H15N3O3S. The van der Waals surface area contributed by atoms with E-state index in [1.165, 1.54) is 5.56 Å². The summed E-state index contributed by atoms with van der Waals surface area (Å²) in [6, 6.07) is -0.578. The molecule has 25 heavy (non-hydrogen) atoms. The van der Waals surface area contributed by atoms with Gasteiger partial charge >= 0.3 is 0 Å². The van der Waals surface area contributed by atoms with E-state index < -0.39 is 17.6 Å². The topological polar surface area (TPSA) is 85.4 Å². The number of thioether (sulfide) groups is 1. The van der Waals surface area contributed by atoms with Crippen LogP contribution in [0, 0.1) is 5.41 Å². The number of hydrogen-bond acceptors (Lipinski definition) is 6. The van der Waals surface area contributed by atoms with Crippen molar-refractivity contribution in [2.75, 3.05) is 6.54 Å². The number of Topliss-reactive ketones (excluding diaryl/α,β-unsaturated/α-hetero) is 1. The summed E-state index contributed by atoms with van der Waals surface area (Å²) in [5, 5.41) is 14.8. The van der Waals surface area contributed by atoms with Crippen molar-refractivity contribution in [3.05, 3.63) is 45.3 Å². The molecule has 3 N–H and O–H groups in total. The lowest BCUT2D eigenvalue weighted by atomic mass is 9.56. The number of ketones is 2. The average molecular weight is 353 g/mol.